The number of anilines is 1. The van der Waals surface area contributed by atoms with E-state index < -0.39 is 0 Å². The highest BCUT2D eigenvalue weighted by molar-refractivity contribution is 7.80. The Kier molecular flexibility index (Phi) is 4.35. The summed E-state index contributed by atoms with van der Waals surface area (Å²) in [6, 6.07) is 13.4. The predicted molar refractivity (Wildman–Crippen MR) is 87.0 cm³/mol. The van der Waals surface area contributed by atoms with E-state index in [0.29, 0.717) is 23.4 Å². The van der Waals surface area contributed by atoms with Crippen LogP contribution >= 0.6 is 12.2 Å². The zero-order valence-corrected chi connectivity index (χ0v) is 12.4. The zero-order valence-electron chi connectivity index (χ0n) is 11.6. The van der Waals surface area contributed by atoms with Gasteiger partial charge >= 0.3 is 0 Å². The summed E-state index contributed by atoms with van der Waals surface area (Å²) in [5.41, 5.74) is 1.73. The Bertz CT molecular complexity index is 745. The molecule has 0 fully saturated rings. The molecule has 2 N–H and O–H groups in total. The molecule has 6 nitrogen and oxygen atoms in total. The average molecular weight is 311 g/mol. The third kappa shape index (κ3) is 3.64. The first-order valence-electron chi connectivity index (χ1n) is 6.64. The zero-order chi connectivity index (χ0) is 15.2. The van der Waals surface area contributed by atoms with Crippen LogP contribution in [-0.4, -0.2) is 20.2 Å². The van der Waals surface area contributed by atoms with E-state index in [1.807, 2.05) is 42.5 Å². The van der Waals surface area contributed by atoms with Gasteiger partial charge < -0.3 is 15.2 Å². The highest BCUT2D eigenvalue weighted by Gasteiger charge is 2.08. The number of hydrogen-bond acceptors (Lipinski definition) is 5. The Morgan fingerprint density at radius 1 is 1.14 bits per heavy atom. The minimum atomic E-state index is 0.353. The molecule has 0 saturated carbocycles. The van der Waals surface area contributed by atoms with Crippen LogP contribution in [0.2, 0.25) is 0 Å². The maximum atomic E-state index is 5.20. The number of benzene rings is 1. The Morgan fingerprint density at radius 2 is 2.00 bits per heavy atom. The fraction of sp³-hybridized carbons (Fsp3) is 0.0667. The summed E-state index contributed by atoms with van der Waals surface area (Å²) in [5.74, 6) is 1.03. The van der Waals surface area contributed by atoms with E-state index in [4.69, 9.17) is 16.7 Å². The third-order valence-corrected chi connectivity index (χ3v) is 3.07. The third-order valence-electron chi connectivity index (χ3n) is 2.82. The van der Waals surface area contributed by atoms with Gasteiger partial charge in [-0.3, -0.25) is 4.98 Å². The molecule has 3 rings (SSSR count). The second kappa shape index (κ2) is 6.77. The molecule has 0 aliphatic heterocycles. The quantitative estimate of drug-likeness (QED) is 0.717. The number of rotatable bonds is 4. The molecular formula is C15H13N5OS. The first-order chi connectivity index (χ1) is 10.8. The van der Waals surface area contributed by atoms with E-state index in [1.165, 1.54) is 0 Å². The lowest BCUT2D eigenvalue weighted by Gasteiger charge is -2.07. The van der Waals surface area contributed by atoms with E-state index in [0.717, 1.165) is 11.3 Å². The maximum Gasteiger partial charge on any atom is 0.246 e. The molecule has 0 saturated heterocycles. The SMILES string of the molecule is S=C(NCc1nc(-c2ccccc2)no1)Nc1cccnc1. The predicted octanol–water partition coefficient (Wildman–Crippen LogP) is 2.62. The van der Waals surface area contributed by atoms with E-state index >= 15 is 0 Å². The van der Waals surface area contributed by atoms with Crippen molar-refractivity contribution in [3.8, 4) is 11.4 Å². The largest absolute Gasteiger partial charge is 0.353 e. The van der Waals surface area contributed by atoms with Crippen LogP contribution < -0.4 is 10.6 Å². The van der Waals surface area contributed by atoms with Crippen LogP contribution in [0.5, 0.6) is 0 Å². The summed E-state index contributed by atoms with van der Waals surface area (Å²) in [6.45, 7) is 0.353. The van der Waals surface area contributed by atoms with Gasteiger partial charge in [-0.05, 0) is 24.4 Å². The molecule has 2 aromatic heterocycles. The number of hydrogen-bond donors (Lipinski definition) is 2. The second-order valence-corrected chi connectivity index (χ2v) is 4.84. The summed E-state index contributed by atoms with van der Waals surface area (Å²) < 4.78 is 5.20. The van der Waals surface area contributed by atoms with Crippen molar-refractivity contribution < 1.29 is 4.52 Å². The highest BCUT2D eigenvalue weighted by atomic mass is 32.1. The first-order valence-corrected chi connectivity index (χ1v) is 7.05. The topological polar surface area (TPSA) is 75.9 Å². The van der Waals surface area contributed by atoms with E-state index in [2.05, 4.69) is 25.8 Å². The molecule has 0 aliphatic rings. The Hall–Kier alpha value is -2.80. The van der Waals surface area contributed by atoms with Gasteiger partial charge in [0.05, 0.1) is 18.4 Å². The van der Waals surface area contributed by atoms with Crippen molar-refractivity contribution in [2.45, 2.75) is 6.54 Å². The monoisotopic (exact) mass is 311 g/mol. The van der Waals surface area contributed by atoms with Gasteiger partial charge in [0.2, 0.25) is 11.7 Å². The van der Waals surface area contributed by atoms with Gasteiger partial charge in [-0.1, -0.05) is 35.5 Å². The molecule has 0 amide bonds. The van der Waals surface area contributed by atoms with Crippen molar-refractivity contribution in [2.24, 2.45) is 0 Å². The molecule has 0 radical (unpaired) electrons. The van der Waals surface area contributed by atoms with Crippen LogP contribution in [0.1, 0.15) is 5.89 Å². The normalized spacial score (nSPS) is 10.2. The van der Waals surface area contributed by atoms with E-state index in [-0.39, 0.29) is 0 Å². The molecule has 0 unspecified atom stereocenters. The van der Waals surface area contributed by atoms with Gasteiger partial charge in [0, 0.05) is 11.8 Å². The molecule has 110 valence electrons. The van der Waals surface area contributed by atoms with Crippen molar-refractivity contribution in [1.29, 1.82) is 0 Å². The van der Waals surface area contributed by atoms with Crippen LogP contribution in [0.3, 0.4) is 0 Å². The van der Waals surface area contributed by atoms with Crippen molar-refractivity contribution in [2.75, 3.05) is 5.32 Å². The maximum absolute atomic E-state index is 5.20. The Balaban J connectivity index is 1.56. The lowest BCUT2D eigenvalue weighted by molar-refractivity contribution is 0.376. The summed E-state index contributed by atoms with van der Waals surface area (Å²) in [6.07, 6.45) is 3.39. The second-order valence-electron chi connectivity index (χ2n) is 4.43. The number of nitrogens with one attached hydrogen (secondary N) is 2. The average Bonchev–Trinajstić information content (AvgIpc) is 3.04. The molecule has 3 aromatic rings. The molecule has 7 heteroatoms. The van der Waals surface area contributed by atoms with Crippen molar-refractivity contribution in [3.05, 3.63) is 60.7 Å². The van der Waals surface area contributed by atoms with Gasteiger partial charge in [0.15, 0.2) is 5.11 Å². The fourth-order valence-electron chi connectivity index (χ4n) is 1.80. The van der Waals surface area contributed by atoms with Crippen molar-refractivity contribution in [3.63, 3.8) is 0 Å². The van der Waals surface area contributed by atoms with Gasteiger partial charge in [0.1, 0.15) is 0 Å². The standard InChI is InChI=1S/C15H13N5OS/c22-15(18-12-7-4-8-16-9-12)17-10-13-19-14(20-21-13)11-5-2-1-3-6-11/h1-9H,10H2,(H2,17,18,22). The van der Waals surface area contributed by atoms with Gasteiger partial charge in [-0.25, -0.2) is 0 Å². The van der Waals surface area contributed by atoms with Crippen LogP contribution in [0.15, 0.2) is 59.4 Å². The van der Waals surface area contributed by atoms with Gasteiger partial charge in [-0.15, -0.1) is 0 Å². The number of nitrogens with zero attached hydrogens (tertiary/aromatic N) is 3. The molecule has 0 atom stereocenters. The molecular weight excluding hydrogens is 298 g/mol. The van der Waals surface area contributed by atoms with Crippen LogP contribution in [0, 0.1) is 0 Å². The smallest absolute Gasteiger partial charge is 0.246 e. The summed E-state index contributed by atoms with van der Waals surface area (Å²) in [7, 11) is 0. The summed E-state index contributed by atoms with van der Waals surface area (Å²) in [5, 5.41) is 10.4. The number of pyridine rings is 1. The van der Waals surface area contributed by atoms with E-state index in [1.54, 1.807) is 12.4 Å². The highest BCUT2D eigenvalue weighted by Crippen LogP contribution is 2.14. The first kappa shape index (κ1) is 14.2. The lowest BCUT2D eigenvalue weighted by Crippen LogP contribution is -2.28. The molecule has 0 spiro atoms. The molecule has 22 heavy (non-hydrogen) atoms. The van der Waals surface area contributed by atoms with Crippen LogP contribution in [-0.2, 0) is 6.54 Å². The Morgan fingerprint density at radius 3 is 2.77 bits per heavy atom. The van der Waals surface area contributed by atoms with Crippen molar-refractivity contribution >= 4 is 23.0 Å². The summed E-state index contributed by atoms with van der Waals surface area (Å²) >= 11 is 5.20. The van der Waals surface area contributed by atoms with Crippen LogP contribution in [0.4, 0.5) is 5.69 Å². The van der Waals surface area contributed by atoms with Gasteiger partial charge in [0.25, 0.3) is 0 Å². The minimum Gasteiger partial charge on any atom is -0.353 e. The molecule has 2 heterocycles. The van der Waals surface area contributed by atoms with E-state index in [9.17, 15) is 0 Å². The molecule has 0 aliphatic carbocycles. The fourth-order valence-corrected chi connectivity index (χ4v) is 1.99. The van der Waals surface area contributed by atoms with Crippen LogP contribution in [0.25, 0.3) is 11.4 Å². The number of aromatic nitrogens is 3. The molecule has 0 bridgehead atoms. The molecule has 1 aromatic carbocycles. The lowest BCUT2D eigenvalue weighted by atomic mass is 10.2. The van der Waals surface area contributed by atoms with Gasteiger partial charge in [-0.2, -0.15) is 4.98 Å². The Labute approximate surface area is 132 Å². The van der Waals surface area contributed by atoms with Crippen molar-refractivity contribution in [1.82, 2.24) is 20.4 Å². The minimum absolute atomic E-state index is 0.353. The summed E-state index contributed by atoms with van der Waals surface area (Å²) in [4.78, 5) is 8.32. The number of thiocarbonyl (C=S) groups is 1.